The Labute approximate surface area is 110 Å². The molecule has 1 amide bonds. The number of aromatic nitrogens is 1. The number of fused-ring (bicyclic) bond motifs is 1. The number of nitrogens with one attached hydrogen (secondary N) is 1. The summed E-state index contributed by atoms with van der Waals surface area (Å²) in [5, 5.41) is 3.69. The molecular formula is C13H13N3OS. The Balaban J connectivity index is 2.25. The Bertz CT molecular complexity index is 612. The fraction of sp³-hybridized carbons (Fsp3) is 0.154. The van der Waals surface area contributed by atoms with Crippen LogP contribution in [-0.2, 0) is 0 Å². The Kier molecular flexibility index (Phi) is 3.53. The molecule has 0 aliphatic carbocycles. The smallest absolute Gasteiger partial charge is 0.270 e. The molecule has 2 rings (SSSR count). The summed E-state index contributed by atoms with van der Waals surface area (Å²) >= 11 is 4.81. The van der Waals surface area contributed by atoms with Crippen molar-refractivity contribution in [2.75, 3.05) is 0 Å². The minimum Gasteiger partial charge on any atom is -0.392 e. The number of carbonyl (C=O) groups excluding carboxylic acids is 1. The van der Waals surface area contributed by atoms with Gasteiger partial charge in [-0.3, -0.25) is 4.79 Å². The lowest BCUT2D eigenvalue weighted by Crippen LogP contribution is -2.41. The predicted molar refractivity (Wildman–Crippen MR) is 75.5 cm³/mol. The fourth-order valence-corrected chi connectivity index (χ4v) is 1.59. The molecular weight excluding hydrogens is 246 g/mol. The molecule has 4 nitrogen and oxygen atoms in total. The maximum Gasteiger partial charge on any atom is 0.270 e. The first-order valence-corrected chi connectivity index (χ1v) is 5.95. The molecule has 18 heavy (non-hydrogen) atoms. The predicted octanol–water partition coefficient (Wildman–Crippen LogP) is 1.64. The molecule has 3 N–H and O–H groups in total. The number of para-hydroxylation sites is 1. The zero-order valence-electron chi connectivity index (χ0n) is 9.88. The molecule has 2 aromatic rings. The summed E-state index contributed by atoms with van der Waals surface area (Å²) < 4.78 is 0. The normalized spacial score (nSPS) is 12.1. The van der Waals surface area contributed by atoms with Gasteiger partial charge < -0.3 is 11.1 Å². The van der Waals surface area contributed by atoms with Crippen molar-refractivity contribution < 1.29 is 4.79 Å². The molecule has 1 aromatic heterocycles. The van der Waals surface area contributed by atoms with E-state index in [2.05, 4.69) is 10.3 Å². The van der Waals surface area contributed by atoms with E-state index >= 15 is 0 Å². The summed E-state index contributed by atoms with van der Waals surface area (Å²) in [5.41, 5.74) is 6.59. The zero-order valence-corrected chi connectivity index (χ0v) is 10.7. The first-order chi connectivity index (χ1) is 8.58. The van der Waals surface area contributed by atoms with Gasteiger partial charge in [-0.25, -0.2) is 4.98 Å². The molecule has 0 saturated carbocycles. The quantitative estimate of drug-likeness (QED) is 0.822. The zero-order chi connectivity index (χ0) is 13.1. The van der Waals surface area contributed by atoms with Crippen LogP contribution >= 0.6 is 12.2 Å². The lowest BCUT2D eigenvalue weighted by molar-refractivity contribution is 0.0944. The van der Waals surface area contributed by atoms with Crippen LogP contribution in [0, 0.1) is 0 Å². The summed E-state index contributed by atoms with van der Waals surface area (Å²) in [5.74, 6) is -0.277. The van der Waals surface area contributed by atoms with Gasteiger partial charge in [-0.2, -0.15) is 0 Å². The number of hydrogen-bond acceptors (Lipinski definition) is 3. The first kappa shape index (κ1) is 12.4. The van der Waals surface area contributed by atoms with Gasteiger partial charge in [0.2, 0.25) is 0 Å². The van der Waals surface area contributed by atoms with Crippen molar-refractivity contribution in [3.63, 3.8) is 0 Å². The van der Waals surface area contributed by atoms with Crippen LogP contribution in [-0.4, -0.2) is 21.9 Å². The molecule has 1 unspecified atom stereocenters. The third-order valence-corrected chi connectivity index (χ3v) is 2.96. The third-order valence-electron chi connectivity index (χ3n) is 2.61. The monoisotopic (exact) mass is 259 g/mol. The van der Waals surface area contributed by atoms with E-state index in [1.54, 1.807) is 13.0 Å². The minimum atomic E-state index is -0.347. The lowest BCUT2D eigenvalue weighted by Gasteiger charge is -2.11. The first-order valence-electron chi connectivity index (χ1n) is 5.54. The van der Waals surface area contributed by atoms with Gasteiger partial charge in [-0.1, -0.05) is 36.5 Å². The number of pyridine rings is 1. The van der Waals surface area contributed by atoms with Gasteiger partial charge in [-0.05, 0) is 19.1 Å². The van der Waals surface area contributed by atoms with Crippen LogP contribution in [0.15, 0.2) is 36.4 Å². The summed E-state index contributed by atoms with van der Waals surface area (Å²) in [6.07, 6.45) is 0. The maximum atomic E-state index is 11.9. The number of nitrogens with zero attached hydrogens (tertiary/aromatic N) is 1. The van der Waals surface area contributed by atoms with Gasteiger partial charge in [0.05, 0.1) is 16.5 Å². The molecule has 5 heteroatoms. The van der Waals surface area contributed by atoms with Crippen LogP contribution in [0.1, 0.15) is 17.4 Å². The Morgan fingerprint density at radius 3 is 2.78 bits per heavy atom. The summed E-state index contributed by atoms with van der Waals surface area (Å²) in [4.78, 5) is 16.5. The second kappa shape index (κ2) is 5.10. The van der Waals surface area contributed by atoms with Gasteiger partial charge in [0.15, 0.2) is 0 Å². The molecule has 0 saturated heterocycles. The Hall–Kier alpha value is -2.01. The van der Waals surface area contributed by atoms with E-state index in [4.69, 9.17) is 18.0 Å². The van der Waals surface area contributed by atoms with E-state index in [1.807, 2.05) is 30.3 Å². The molecule has 0 aliphatic rings. The van der Waals surface area contributed by atoms with Crippen molar-refractivity contribution in [3.05, 3.63) is 42.1 Å². The number of benzene rings is 1. The number of rotatable bonds is 3. The minimum absolute atomic E-state index is 0.254. The average Bonchev–Trinajstić information content (AvgIpc) is 2.37. The van der Waals surface area contributed by atoms with E-state index in [0.717, 1.165) is 10.9 Å². The summed E-state index contributed by atoms with van der Waals surface area (Å²) in [6.45, 7) is 1.74. The van der Waals surface area contributed by atoms with E-state index in [9.17, 15) is 4.79 Å². The van der Waals surface area contributed by atoms with Gasteiger partial charge in [-0.15, -0.1) is 0 Å². The molecule has 1 heterocycles. The van der Waals surface area contributed by atoms with E-state index in [-0.39, 0.29) is 16.9 Å². The lowest BCUT2D eigenvalue weighted by atomic mass is 10.2. The van der Waals surface area contributed by atoms with Crippen LogP contribution in [0.4, 0.5) is 0 Å². The van der Waals surface area contributed by atoms with Crippen molar-refractivity contribution >= 4 is 34.0 Å². The van der Waals surface area contributed by atoms with Crippen LogP contribution in [0.5, 0.6) is 0 Å². The van der Waals surface area contributed by atoms with Crippen LogP contribution < -0.4 is 11.1 Å². The van der Waals surface area contributed by atoms with E-state index < -0.39 is 0 Å². The van der Waals surface area contributed by atoms with Crippen LogP contribution in [0.25, 0.3) is 10.9 Å². The molecule has 0 spiro atoms. The highest BCUT2D eigenvalue weighted by Crippen LogP contribution is 2.11. The van der Waals surface area contributed by atoms with Crippen molar-refractivity contribution in [1.82, 2.24) is 10.3 Å². The number of thiocarbonyl (C=S) groups is 1. The Morgan fingerprint density at radius 1 is 1.33 bits per heavy atom. The van der Waals surface area contributed by atoms with Crippen molar-refractivity contribution in [2.45, 2.75) is 13.0 Å². The molecule has 0 aliphatic heterocycles. The molecule has 0 bridgehead atoms. The van der Waals surface area contributed by atoms with Crippen LogP contribution in [0.2, 0.25) is 0 Å². The topological polar surface area (TPSA) is 68.0 Å². The SMILES string of the molecule is CC(NC(=O)c1ccc2ccccc2n1)C(N)=S. The number of hydrogen-bond donors (Lipinski definition) is 2. The van der Waals surface area contributed by atoms with E-state index in [0.29, 0.717) is 5.69 Å². The van der Waals surface area contributed by atoms with Crippen LogP contribution in [0.3, 0.4) is 0 Å². The second-order valence-corrected chi connectivity index (χ2v) is 4.46. The largest absolute Gasteiger partial charge is 0.392 e. The molecule has 0 radical (unpaired) electrons. The fourth-order valence-electron chi connectivity index (χ4n) is 1.53. The van der Waals surface area contributed by atoms with E-state index in [1.165, 1.54) is 0 Å². The van der Waals surface area contributed by atoms with Gasteiger partial charge >= 0.3 is 0 Å². The highest BCUT2D eigenvalue weighted by Gasteiger charge is 2.12. The molecule has 1 atom stereocenters. The summed E-state index contributed by atoms with van der Waals surface area (Å²) in [7, 11) is 0. The van der Waals surface area contributed by atoms with Crippen molar-refractivity contribution in [1.29, 1.82) is 0 Å². The maximum absolute atomic E-state index is 11.9. The standard InChI is InChI=1S/C13H13N3OS/c1-8(12(14)18)15-13(17)11-7-6-9-4-2-3-5-10(9)16-11/h2-8H,1H3,(H2,14,18)(H,15,17). The van der Waals surface area contributed by atoms with Gasteiger partial charge in [0, 0.05) is 5.39 Å². The van der Waals surface area contributed by atoms with Crippen molar-refractivity contribution in [3.8, 4) is 0 Å². The highest BCUT2D eigenvalue weighted by molar-refractivity contribution is 7.80. The average molecular weight is 259 g/mol. The third kappa shape index (κ3) is 2.62. The highest BCUT2D eigenvalue weighted by atomic mass is 32.1. The molecule has 92 valence electrons. The molecule has 0 fully saturated rings. The number of amides is 1. The van der Waals surface area contributed by atoms with Gasteiger partial charge in [0.1, 0.15) is 5.69 Å². The Morgan fingerprint density at radius 2 is 2.06 bits per heavy atom. The van der Waals surface area contributed by atoms with Crippen molar-refractivity contribution in [2.24, 2.45) is 5.73 Å². The summed E-state index contributed by atoms with van der Waals surface area (Å²) in [6, 6.07) is 10.8. The van der Waals surface area contributed by atoms with Gasteiger partial charge in [0.25, 0.3) is 5.91 Å². The molecule has 1 aromatic carbocycles. The number of nitrogens with two attached hydrogens (primary N) is 1. The number of carbonyl (C=O) groups is 1. The second-order valence-electron chi connectivity index (χ2n) is 3.99.